The minimum absolute atomic E-state index is 0.0537. The normalized spacial score (nSPS) is 10.0. The number of esters is 1. The lowest BCUT2D eigenvalue weighted by Crippen LogP contribution is -2.13. The number of benzene rings is 2. The average Bonchev–Trinajstić information content (AvgIpc) is 2.47. The molecule has 0 atom stereocenters. The molecule has 2 aromatic carbocycles. The molecule has 0 heterocycles. The zero-order valence-corrected chi connectivity index (χ0v) is 11.1. The molecule has 21 heavy (non-hydrogen) atoms. The number of carbonyl (C=O) groups excluding carboxylic acids is 2. The standard InChI is InChI=1S/C15H12FNO4/c1-20-13-6-5-10(16)8-12(13)15(19)21-11-4-2-3-9(7-11)14(17)18/h2-8H,1H3,(H2,17,18). The van der Waals surface area contributed by atoms with E-state index < -0.39 is 17.7 Å². The van der Waals surface area contributed by atoms with Gasteiger partial charge >= 0.3 is 5.97 Å². The molecule has 0 bridgehead atoms. The van der Waals surface area contributed by atoms with E-state index in [0.717, 1.165) is 6.07 Å². The van der Waals surface area contributed by atoms with Crippen molar-refractivity contribution in [2.45, 2.75) is 0 Å². The van der Waals surface area contributed by atoms with E-state index in [1.165, 1.54) is 43.5 Å². The lowest BCUT2D eigenvalue weighted by atomic mass is 10.2. The topological polar surface area (TPSA) is 78.6 Å². The summed E-state index contributed by atoms with van der Waals surface area (Å²) in [5.74, 6) is -1.71. The highest BCUT2D eigenvalue weighted by Gasteiger charge is 2.16. The average molecular weight is 289 g/mol. The molecule has 0 saturated heterocycles. The highest BCUT2D eigenvalue weighted by molar-refractivity contribution is 5.95. The highest BCUT2D eigenvalue weighted by Crippen LogP contribution is 2.22. The molecular weight excluding hydrogens is 277 g/mol. The lowest BCUT2D eigenvalue weighted by Gasteiger charge is -2.09. The molecule has 2 rings (SSSR count). The van der Waals surface area contributed by atoms with Gasteiger partial charge in [-0.25, -0.2) is 9.18 Å². The number of hydrogen-bond acceptors (Lipinski definition) is 4. The second kappa shape index (κ2) is 6.04. The van der Waals surface area contributed by atoms with Crippen molar-refractivity contribution < 1.29 is 23.5 Å². The van der Waals surface area contributed by atoms with Crippen LogP contribution in [0.15, 0.2) is 42.5 Å². The lowest BCUT2D eigenvalue weighted by molar-refractivity contribution is 0.0729. The van der Waals surface area contributed by atoms with Gasteiger partial charge in [-0.2, -0.15) is 0 Å². The maximum Gasteiger partial charge on any atom is 0.347 e. The summed E-state index contributed by atoms with van der Waals surface area (Å²) in [6, 6.07) is 9.32. The third kappa shape index (κ3) is 3.36. The van der Waals surface area contributed by atoms with Crippen molar-refractivity contribution in [3.05, 3.63) is 59.4 Å². The summed E-state index contributed by atoms with van der Waals surface area (Å²) in [4.78, 5) is 23.1. The summed E-state index contributed by atoms with van der Waals surface area (Å²) >= 11 is 0. The van der Waals surface area contributed by atoms with Gasteiger partial charge in [0.05, 0.1) is 7.11 Å². The summed E-state index contributed by atoms with van der Waals surface area (Å²) in [5, 5.41) is 0. The van der Waals surface area contributed by atoms with Crippen LogP contribution >= 0.6 is 0 Å². The first-order valence-corrected chi connectivity index (χ1v) is 5.97. The Bertz CT molecular complexity index is 700. The minimum Gasteiger partial charge on any atom is -0.496 e. The molecule has 0 radical (unpaired) electrons. The van der Waals surface area contributed by atoms with Gasteiger partial charge in [-0.1, -0.05) is 6.07 Å². The smallest absolute Gasteiger partial charge is 0.347 e. The molecule has 0 saturated carbocycles. The van der Waals surface area contributed by atoms with Crippen molar-refractivity contribution >= 4 is 11.9 Å². The molecule has 0 aromatic heterocycles. The van der Waals surface area contributed by atoms with E-state index in [1.807, 2.05) is 0 Å². The predicted octanol–water partition coefficient (Wildman–Crippen LogP) is 2.15. The molecule has 0 unspecified atom stereocenters. The Morgan fingerprint density at radius 3 is 2.57 bits per heavy atom. The fourth-order valence-corrected chi connectivity index (χ4v) is 1.71. The van der Waals surface area contributed by atoms with Gasteiger partial charge in [0.25, 0.3) is 0 Å². The first-order chi connectivity index (χ1) is 10.0. The molecule has 1 amide bonds. The zero-order chi connectivity index (χ0) is 15.4. The monoisotopic (exact) mass is 289 g/mol. The van der Waals surface area contributed by atoms with Crippen LogP contribution < -0.4 is 15.2 Å². The maximum absolute atomic E-state index is 13.2. The van der Waals surface area contributed by atoms with Gasteiger partial charge in [-0.15, -0.1) is 0 Å². The Labute approximate surface area is 120 Å². The van der Waals surface area contributed by atoms with Crippen LogP contribution in [-0.2, 0) is 0 Å². The molecular formula is C15H12FNO4. The van der Waals surface area contributed by atoms with Gasteiger partial charge in [0.15, 0.2) is 0 Å². The number of carbonyl (C=O) groups is 2. The van der Waals surface area contributed by atoms with Crippen molar-refractivity contribution in [1.29, 1.82) is 0 Å². The van der Waals surface area contributed by atoms with Crippen LogP contribution in [0, 0.1) is 5.82 Å². The first-order valence-electron chi connectivity index (χ1n) is 5.97. The van der Waals surface area contributed by atoms with E-state index in [4.69, 9.17) is 15.2 Å². The van der Waals surface area contributed by atoms with E-state index in [1.54, 1.807) is 0 Å². The summed E-state index contributed by atoms with van der Waals surface area (Å²) in [7, 11) is 1.36. The van der Waals surface area contributed by atoms with Crippen LogP contribution in [0.25, 0.3) is 0 Å². The Morgan fingerprint density at radius 1 is 1.14 bits per heavy atom. The van der Waals surface area contributed by atoms with Crippen molar-refractivity contribution in [2.75, 3.05) is 7.11 Å². The Morgan fingerprint density at radius 2 is 1.90 bits per heavy atom. The van der Waals surface area contributed by atoms with Crippen molar-refractivity contribution in [3.63, 3.8) is 0 Å². The molecule has 2 N–H and O–H groups in total. The van der Waals surface area contributed by atoms with Crippen molar-refractivity contribution in [2.24, 2.45) is 5.73 Å². The number of amides is 1. The number of rotatable bonds is 4. The van der Waals surface area contributed by atoms with E-state index in [2.05, 4.69) is 0 Å². The van der Waals surface area contributed by atoms with Gasteiger partial charge in [-0.05, 0) is 36.4 Å². The van der Waals surface area contributed by atoms with Gasteiger partial charge in [0.2, 0.25) is 5.91 Å². The van der Waals surface area contributed by atoms with E-state index in [0.29, 0.717) is 0 Å². The summed E-state index contributed by atoms with van der Waals surface area (Å²) in [6.07, 6.45) is 0. The molecule has 0 spiro atoms. The predicted molar refractivity (Wildman–Crippen MR) is 72.9 cm³/mol. The van der Waals surface area contributed by atoms with Gasteiger partial charge in [0.1, 0.15) is 22.9 Å². The Kier molecular flexibility index (Phi) is 4.18. The fourth-order valence-electron chi connectivity index (χ4n) is 1.71. The molecule has 0 aliphatic rings. The molecule has 2 aromatic rings. The molecule has 0 aliphatic heterocycles. The third-order valence-electron chi connectivity index (χ3n) is 2.71. The van der Waals surface area contributed by atoms with Crippen LogP contribution in [0.2, 0.25) is 0 Å². The quantitative estimate of drug-likeness (QED) is 0.691. The van der Waals surface area contributed by atoms with E-state index in [9.17, 15) is 14.0 Å². The second-order valence-corrected chi connectivity index (χ2v) is 4.13. The molecule has 0 fully saturated rings. The number of methoxy groups -OCH3 is 1. The maximum atomic E-state index is 13.2. The van der Waals surface area contributed by atoms with Gasteiger partial charge in [0, 0.05) is 5.56 Å². The Balaban J connectivity index is 2.28. The van der Waals surface area contributed by atoms with E-state index in [-0.39, 0.29) is 22.6 Å². The number of hydrogen-bond donors (Lipinski definition) is 1. The van der Waals surface area contributed by atoms with Crippen molar-refractivity contribution in [1.82, 2.24) is 0 Å². The summed E-state index contributed by atoms with van der Waals surface area (Å²) in [5.41, 5.74) is 5.29. The molecule has 6 heteroatoms. The van der Waals surface area contributed by atoms with Crippen LogP contribution in [0.5, 0.6) is 11.5 Å². The van der Waals surface area contributed by atoms with Crippen LogP contribution in [0.4, 0.5) is 4.39 Å². The minimum atomic E-state index is -0.798. The molecule has 5 nitrogen and oxygen atoms in total. The van der Waals surface area contributed by atoms with E-state index >= 15 is 0 Å². The van der Waals surface area contributed by atoms with Gasteiger partial charge in [-0.3, -0.25) is 4.79 Å². The fraction of sp³-hybridized carbons (Fsp3) is 0.0667. The van der Waals surface area contributed by atoms with Gasteiger partial charge < -0.3 is 15.2 Å². The third-order valence-corrected chi connectivity index (χ3v) is 2.71. The SMILES string of the molecule is COc1ccc(F)cc1C(=O)Oc1cccc(C(N)=O)c1. The first kappa shape index (κ1) is 14.5. The number of ether oxygens (including phenoxy) is 2. The van der Waals surface area contributed by atoms with Crippen molar-refractivity contribution in [3.8, 4) is 11.5 Å². The van der Waals surface area contributed by atoms with Crippen LogP contribution in [0.1, 0.15) is 20.7 Å². The number of nitrogens with two attached hydrogens (primary N) is 1. The molecule has 0 aliphatic carbocycles. The number of halogens is 1. The second-order valence-electron chi connectivity index (χ2n) is 4.13. The van der Waals surface area contributed by atoms with Crippen LogP contribution in [-0.4, -0.2) is 19.0 Å². The van der Waals surface area contributed by atoms with Crippen LogP contribution in [0.3, 0.4) is 0 Å². The number of primary amides is 1. The Hall–Kier alpha value is -2.89. The summed E-state index contributed by atoms with van der Waals surface area (Å²) in [6.45, 7) is 0. The largest absolute Gasteiger partial charge is 0.496 e. The molecule has 108 valence electrons. The zero-order valence-electron chi connectivity index (χ0n) is 11.1. The summed E-state index contributed by atoms with van der Waals surface area (Å²) < 4.78 is 23.3. The highest BCUT2D eigenvalue weighted by atomic mass is 19.1.